The van der Waals surface area contributed by atoms with Gasteiger partial charge >= 0.3 is 0 Å². The van der Waals surface area contributed by atoms with Crippen LogP contribution in [0.25, 0.3) is 6.08 Å². The molecule has 0 aliphatic heterocycles. The van der Waals surface area contributed by atoms with Crippen LogP contribution in [0.4, 0.5) is 5.69 Å². The second kappa shape index (κ2) is 5.93. The van der Waals surface area contributed by atoms with Crippen LogP contribution in [-0.2, 0) is 0 Å². The van der Waals surface area contributed by atoms with E-state index in [2.05, 4.69) is 5.32 Å². The monoisotopic (exact) mass is 206 g/mol. The van der Waals surface area contributed by atoms with E-state index in [4.69, 9.17) is 0 Å². The zero-order valence-corrected chi connectivity index (χ0v) is 8.64. The van der Waals surface area contributed by atoms with E-state index in [0.717, 1.165) is 13.0 Å². The molecule has 0 fully saturated rings. The van der Waals surface area contributed by atoms with E-state index in [0.29, 0.717) is 5.56 Å². The lowest BCUT2D eigenvalue weighted by Gasteiger charge is -1.96. The maximum absolute atomic E-state index is 10.7. The van der Waals surface area contributed by atoms with Crippen molar-refractivity contribution in [3.05, 3.63) is 46.0 Å². The van der Waals surface area contributed by atoms with Gasteiger partial charge in [0.2, 0.25) is 0 Å². The number of rotatable bonds is 5. The molecule has 1 aromatic carbocycles. The SMILES string of the molecule is CNCCC=Cc1ccccc1[N+](=O)[O-]. The summed E-state index contributed by atoms with van der Waals surface area (Å²) in [6, 6.07) is 6.72. The smallest absolute Gasteiger partial charge is 0.276 e. The first kappa shape index (κ1) is 11.4. The maximum atomic E-state index is 10.7. The molecule has 0 aliphatic carbocycles. The number of nitrogens with zero attached hydrogens (tertiary/aromatic N) is 1. The van der Waals surface area contributed by atoms with Crippen molar-refractivity contribution in [2.24, 2.45) is 0 Å². The van der Waals surface area contributed by atoms with Crippen LogP contribution in [0.1, 0.15) is 12.0 Å². The average Bonchev–Trinajstić information content (AvgIpc) is 2.25. The van der Waals surface area contributed by atoms with Crippen LogP contribution >= 0.6 is 0 Å². The Morgan fingerprint density at radius 2 is 2.20 bits per heavy atom. The van der Waals surface area contributed by atoms with Gasteiger partial charge in [-0.05, 0) is 26.1 Å². The fourth-order valence-electron chi connectivity index (χ4n) is 1.23. The molecule has 0 aliphatic rings. The molecule has 15 heavy (non-hydrogen) atoms. The van der Waals surface area contributed by atoms with Crippen molar-refractivity contribution in [1.82, 2.24) is 5.32 Å². The Morgan fingerprint density at radius 3 is 2.87 bits per heavy atom. The van der Waals surface area contributed by atoms with Gasteiger partial charge in [0.1, 0.15) is 0 Å². The summed E-state index contributed by atoms with van der Waals surface area (Å²) in [5.41, 5.74) is 0.803. The Kier molecular flexibility index (Phi) is 4.50. The van der Waals surface area contributed by atoms with Crippen molar-refractivity contribution in [1.29, 1.82) is 0 Å². The normalized spacial score (nSPS) is 10.7. The molecule has 4 nitrogen and oxygen atoms in total. The molecule has 0 saturated carbocycles. The van der Waals surface area contributed by atoms with E-state index >= 15 is 0 Å². The Bertz CT molecular complexity index is 361. The van der Waals surface area contributed by atoms with E-state index in [9.17, 15) is 10.1 Å². The highest BCUT2D eigenvalue weighted by Gasteiger charge is 2.08. The summed E-state index contributed by atoms with van der Waals surface area (Å²) in [6.45, 7) is 0.872. The lowest BCUT2D eigenvalue weighted by atomic mass is 10.1. The molecule has 0 radical (unpaired) electrons. The molecule has 0 aromatic heterocycles. The van der Waals surface area contributed by atoms with Gasteiger partial charge in [-0.3, -0.25) is 10.1 Å². The van der Waals surface area contributed by atoms with E-state index < -0.39 is 0 Å². The zero-order chi connectivity index (χ0) is 11.1. The molecule has 1 aromatic rings. The first-order valence-corrected chi connectivity index (χ1v) is 4.80. The van der Waals surface area contributed by atoms with Crippen molar-refractivity contribution in [2.45, 2.75) is 6.42 Å². The Labute approximate surface area is 88.8 Å². The number of nitrogens with one attached hydrogen (secondary N) is 1. The van der Waals surface area contributed by atoms with Gasteiger partial charge in [-0.1, -0.05) is 24.3 Å². The van der Waals surface area contributed by atoms with Gasteiger partial charge in [-0.25, -0.2) is 0 Å². The van der Waals surface area contributed by atoms with Crippen molar-refractivity contribution in [3.8, 4) is 0 Å². The van der Waals surface area contributed by atoms with Crippen LogP contribution in [0.2, 0.25) is 0 Å². The first-order chi connectivity index (χ1) is 7.25. The maximum Gasteiger partial charge on any atom is 0.276 e. The van der Waals surface area contributed by atoms with Crippen molar-refractivity contribution in [2.75, 3.05) is 13.6 Å². The highest BCUT2D eigenvalue weighted by Crippen LogP contribution is 2.18. The molecule has 0 atom stereocenters. The third-order valence-corrected chi connectivity index (χ3v) is 1.99. The van der Waals surface area contributed by atoms with Gasteiger partial charge < -0.3 is 5.32 Å². The molecule has 0 unspecified atom stereocenters. The van der Waals surface area contributed by atoms with E-state index in [1.807, 2.05) is 13.1 Å². The van der Waals surface area contributed by atoms with Crippen molar-refractivity contribution in [3.63, 3.8) is 0 Å². The third kappa shape index (κ3) is 3.52. The highest BCUT2D eigenvalue weighted by molar-refractivity contribution is 5.60. The van der Waals surface area contributed by atoms with Gasteiger partial charge in [0, 0.05) is 6.07 Å². The lowest BCUT2D eigenvalue weighted by molar-refractivity contribution is -0.385. The average molecular weight is 206 g/mol. The molecule has 1 rings (SSSR count). The van der Waals surface area contributed by atoms with Crippen molar-refractivity contribution >= 4 is 11.8 Å². The van der Waals surface area contributed by atoms with Crippen LogP contribution in [0.5, 0.6) is 0 Å². The highest BCUT2D eigenvalue weighted by atomic mass is 16.6. The number of nitro groups is 1. The molecule has 0 heterocycles. The molecule has 1 N–H and O–H groups in total. The number of benzene rings is 1. The van der Waals surface area contributed by atoms with Gasteiger partial charge in [0.05, 0.1) is 10.5 Å². The lowest BCUT2D eigenvalue weighted by Crippen LogP contribution is -2.05. The fourth-order valence-corrected chi connectivity index (χ4v) is 1.23. The molecular weight excluding hydrogens is 192 g/mol. The largest absolute Gasteiger partial charge is 0.319 e. The predicted octanol–water partition coefficient (Wildman–Crippen LogP) is 2.22. The molecular formula is C11H14N2O2. The molecule has 0 spiro atoms. The minimum Gasteiger partial charge on any atom is -0.319 e. The van der Waals surface area contributed by atoms with E-state index in [1.54, 1.807) is 24.3 Å². The minimum atomic E-state index is -0.363. The summed E-state index contributed by atoms with van der Waals surface area (Å²) in [5.74, 6) is 0. The predicted molar refractivity (Wildman–Crippen MR) is 60.7 cm³/mol. The van der Waals surface area contributed by atoms with Gasteiger partial charge in [0.15, 0.2) is 0 Å². The minimum absolute atomic E-state index is 0.151. The molecule has 80 valence electrons. The van der Waals surface area contributed by atoms with Crippen LogP contribution < -0.4 is 5.32 Å². The van der Waals surface area contributed by atoms with Gasteiger partial charge in [-0.15, -0.1) is 0 Å². The Balaban J connectivity index is 2.75. The van der Waals surface area contributed by atoms with Crippen LogP contribution in [-0.4, -0.2) is 18.5 Å². The van der Waals surface area contributed by atoms with Gasteiger partial charge in [0.25, 0.3) is 5.69 Å². The second-order valence-corrected chi connectivity index (χ2v) is 3.11. The Hall–Kier alpha value is -1.68. The van der Waals surface area contributed by atoms with E-state index in [1.165, 1.54) is 6.07 Å². The molecule has 0 saturated heterocycles. The van der Waals surface area contributed by atoms with Crippen LogP contribution in [0.15, 0.2) is 30.3 Å². The molecule has 0 amide bonds. The second-order valence-electron chi connectivity index (χ2n) is 3.11. The molecule has 0 bridgehead atoms. The topological polar surface area (TPSA) is 55.2 Å². The number of para-hydroxylation sites is 1. The third-order valence-electron chi connectivity index (χ3n) is 1.99. The van der Waals surface area contributed by atoms with Crippen LogP contribution in [0.3, 0.4) is 0 Å². The van der Waals surface area contributed by atoms with Crippen molar-refractivity contribution < 1.29 is 4.92 Å². The summed E-state index contributed by atoms with van der Waals surface area (Å²) in [5, 5.41) is 13.7. The summed E-state index contributed by atoms with van der Waals surface area (Å²) in [7, 11) is 1.87. The summed E-state index contributed by atoms with van der Waals surface area (Å²) in [6.07, 6.45) is 4.58. The van der Waals surface area contributed by atoms with Crippen LogP contribution in [0, 0.1) is 10.1 Å². The summed E-state index contributed by atoms with van der Waals surface area (Å²) < 4.78 is 0. The number of hydrogen-bond acceptors (Lipinski definition) is 3. The summed E-state index contributed by atoms with van der Waals surface area (Å²) in [4.78, 5) is 10.3. The zero-order valence-electron chi connectivity index (χ0n) is 8.64. The first-order valence-electron chi connectivity index (χ1n) is 4.80. The standard InChI is InChI=1S/C11H14N2O2/c1-12-9-5-4-7-10-6-2-3-8-11(10)13(14)15/h2-4,6-8,12H,5,9H2,1H3. The van der Waals surface area contributed by atoms with E-state index in [-0.39, 0.29) is 10.6 Å². The fraction of sp³-hybridized carbons (Fsp3) is 0.273. The number of nitro benzene ring substituents is 1. The number of hydrogen-bond donors (Lipinski definition) is 1. The summed E-state index contributed by atoms with van der Waals surface area (Å²) >= 11 is 0. The molecule has 4 heteroatoms. The van der Waals surface area contributed by atoms with Gasteiger partial charge in [-0.2, -0.15) is 0 Å². The Morgan fingerprint density at radius 1 is 1.47 bits per heavy atom. The quantitative estimate of drug-likeness (QED) is 0.456.